The van der Waals surface area contributed by atoms with E-state index in [4.69, 9.17) is 9.47 Å². The Balaban J connectivity index is -0.000000427. The van der Waals surface area contributed by atoms with Gasteiger partial charge < -0.3 is 23.0 Å². The van der Waals surface area contributed by atoms with Crippen LogP contribution < -0.4 is 103 Å². The topological polar surface area (TPSA) is 69.7 Å². The summed E-state index contributed by atoms with van der Waals surface area (Å²) >= 11 is 0. The molecule has 0 aliphatic carbocycles. The molecule has 0 rings (SSSR count). The molecular weight excluding hydrogens is 334 g/mol. The number of ether oxygens (including phenoxy) is 2. The molecular formula is C12H18K2O5S. The van der Waals surface area contributed by atoms with Crippen molar-refractivity contribution in [3.05, 3.63) is 5.57 Å². The number of hydrogen-bond acceptors (Lipinski definition) is 5. The predicted molar refractivity (Wildman–Crippen MR) is 68.3 cm³/mol. The van der Waals surface area contributed by atoms with Crippen molar-refractivity contribution in [1.29, 1.82) is 0 Å². The molecule has 0 saturated carbocycles. The number of esters is 2. The van der Waals surface area contributed by atoms with E-state index in [9.17, 15) is 14.4 Å². The van der Waals surface area contributed by atoms with Gasteiger partial charge in [-0.2, -0.15) is 0 Å². The van der Waals surface area contributed by atoms with Crippen LogP contribution in [0.15, 0.2) is 5.57 Å². The molecule has 0 aliphatic rings. The maximum atomic E-state index is 11.3. The van der Waals surface area contributed by atoms with Gasteiger partial charge in [0.05, 0.1) is 13.2 Å². The summed E-state index contributed by atoms with van der Waals surface area (Å²) in [6.45, 7) is 4.23. The van der Waals surface area contributed by atoms with Gasteiger partial charge in [-0.3, -0.25) is 0 Å². The van der Waals surface area contributed by atoms with Gasteiger partial charge in [-0.25, -0.2) is 14.4 Å². The van der Waals surface area contributed by atoms with E-state index in [2.05, 4.69) is 0 Å². The van der Waals surface area contributed by atoms with Gasteiger partial charge in [0.1, 0.15) is 5.94 Å². The van der Waals surface area contributed by atoms with E-state index >= 15 is 0 Å². The molecule has 0 aromatic rings. The second-order valence-corrected chi connectivity index (χ2v) is 3.46. The van der Waals surface area contributed by atoms with Gasteiger partial charge in [0, 0.05) is 0 Å². The molecule has 0 spiro atoms. The fourth-order valence-electron chi connectivity index (χ4n) is 0.929. The Labute approximate surface area is 212 Å². The number of carbonyl (C=O) groups is 2. The van der Waals surface area contributed by atoms with E-state index in [1.807, 2.05) is 13.8 Å². The van der Waals surface area contributed by atoms with E-state index in [0.29, 0.717) is 12.8 Å². The maximum absolute atomic E-state index is 11.3. The standard InChI is InChI=1S/C12H18O5.2K.S/c1-3-5-7-16-11(14)10(9-13)12(15)17-8-6-4-2;;;/h3-8H2,1-2H3;;;/q;2*+1;-2. The summed E-state index contributed by atoms with van der Waals surface area (Å²) in [5.74, 6) is -0.653. The van der Waals surface area contributed by atoms with Crippen molar-refractivity contribution in [2.75, 3.05) is 13.2 Å². The van der Waals surface area contributed by atoms with Crippen LogP contribution in [0.3, 0.4) is 0 Å². The fraction of sp³-hybridized carbons (Fsp3) is 0.667. The molecule has 0 N–H and O–H groups in total. The van der Waals surface area contributed by atoms with Crippen LogP contribution in [0.1, 0.15) is 39.5 Å². The summed E-state index contributed by atoms with van der Waals surface area (Å²) in [5, 5.41) is 0. The van der Waals surface area contributed by atoms with E-state index in [-0.39, 0.29) is 129 Å². The normalized spacial score (nSPS) is 7.90. The summed E-state index contributed by atoms with van der Waals surface area (Å²) < 4.78 is 9.45. The van der Waals surface area contributed by atoms with Crippen molar-refractivity contribution in [1.82, 2.24) is 0 Å². The summed E-state index contributed by atoms with van der Waals surface area (Å²) in [6.07, 6.45) is 3.08. The monoisotopic (exact) mass is 352 g/mol. The molecule has 0 amide bonds. The van der Waals surface area contributed by atoms with Crippen LogP contribution in [-0.4, -0.2) is 31.1 Å². The van der Waals surface area contributed by atoms with Crippen LogP contribution in [0.5, 0.6) is 0 Å². The average Bonchev–Trinajstić information content (AvgIpc) is 2.30. The number of rotatable bonds is 8. The third kappa shape index (κ3) is 14.9. The SMILES string of the molecule is CCCCOC(=O)C(=C=O)C(=O)OCCCC.[K+].[K+].[S-2]. The maximum Gasteiger partial charge on any atom is 1.00 e. The van der Waals surface area contributed by atoms with Gasteiger partial charge in [-0.15, -0.1) is 0 Å². The van der Waals surface area contributed by atoms with E-state index < -0.39 is 17.5 Å². The molecule has 0 bridgehead atoms. The van der Waals surface area contributed by atoms with E-state index in [0.717, 1.165) is 12.8 Å². The summed E-state index contributed by atoms with van der Waals surface area (Å²) in [7, 11) is 0. The Morgan fingerprint density at radius 1 is 0.900 bits per heavy atom. The summed E-state index contributed by atoms with van der Waals surface area (Å²) in [4.78, 5) is 33.1. The predicted octanol–water partition coefficient (Wildman–Crippen LogP) is -4.56. The average molecular weight is 353 g/mol. The van der Waals surface area contributed by atoms with Gasteiger partial charge in [-0.1, -0.05) is 26.7 Å². The first kappa shape index (κ1) is 30.0. The fourth-order valence-corrected chi connectivity index (χ4v) is 0.929. The van der Waals surface area contributed by atoms with Gasteiger partial charge in [0.2, 0.25) is 5.57 Å². The van der Waals surface area contributed by atoms with Crippen molar-refractivity contribution >= 4 is 31.4 Å². The van der Waals surface area contributed by atoms with E-state index in [1.54, 1.807) is 0 Å². The Kier molecular flexibility index (Phi) is 31.5. The minimum Gasteiger partial charge on any atom is -2.00 e. The third-order valence-corrected chi connectivity index (χ3v) is 1.97. The largest absolute Gasteiger partial charge is 2.00 e. The van der Waals surface area contributed by atoms with Crippen molar-refractivity contribution in [2.24, 2.45) is 0 Å². The zero-order valence-electron chi connectivity index (χ0n) is 12.7. The Morgan fingerprint density at radius 2 is 1.25 bits per heavy atom. The second-order valence-electron chi connectivity index (χ2n) is 3.46. The smallest absolute Gasteiger partial charge is 1.00 e. The molecule has 0 aromatic carbocycles. The molecule has 0 atom stereocenters. The van der Waals surface area contributed by atoms with Crippen LogP contribution in [0.4, 0.5) is 0 Å². The molecule has 0 fully saturated rings. The molecule has 0 aromatic heterocycles. The summed E-state index contributed by atoms with van der Waals surface area (Å²) in [6, 6.07) is 0. The summed E-state index contributed by atoms with van der Waals surface area (Å²) in [5.41, 5.74) is -0.697. The van der Waals surface area contributed by atoms with Crippen LogP contribution in [0, 0.1) is 0 Å². The van der Waals surface area contributed by atoms with Gasteiger partial charge >= 0.3 is 115 Å². The van der Waals surface area contributed by atoms with Gasteiger partial charge in [-0.05, 0) is 12.8 Å². The second kappa shape index (κ2) is 21.0. The first-order valence-electron chi connectivity index (χ1n) is 5.76. The van der Waals surface area contributed by atoms with Crippen LogP contribution in [-0.2, 0) is 37.4 Å². The molecule has 8 heteroatoms. The molecule has 0 unspecified atom stereocenters. The molecule has 104 valence electrons. The first-order valence-corrected chi connectivity index (χ1v) is 5.76. The Bertz CT molecular complexity index is 293. The number of hydrogen-bond donors (Lipinski definition) is 0. The van der Waals surface area contributed by atoms with Crippen molar-refractivity contribution in [3.8, 4) is 0 Å². The van der Waals surface area contributed by atoms with Crippen molar-refractivity contribution in [3.63, 3.8) is 0 Å². The van der Waals surface area contributed by atoms with Gasteiger partial charge in [0.15, 0.2) is 0 Å². The minimum absolute atomic E-state index is 0. The van der Waals surface area contributed by atoms with E-state index in [1.165, 1.54) is 5.94 Å². The van der Waals surface area contributed by atoms with Crippen LogP contribution in [0.25, 0.3) is 0 Å². The molecule has 0 radical (unpaired) electrons. The Hall–Kier alpha value is 2.01. The zero-order chi connectivity index (χ0) is 13.1. The molecule has 0 aliphatic heterocycles. The minimum atomic E-state index is -0.963. The molecule has 20 heavy (non-hydrogen) atoms. The van der Waals surface area contributed by atoms with Crippen molar-refractivity contribution < 1.29 is 127 Å². The number of unbranched alkanes of at least 4 members (excludes halogenated alkanes) is 2. The third-order valence-electron chi connectivity index (χ3n) is 1.97. The first-order chi connectivity index (χ1) is 8.17. The quantitative estimate of drug-likeness (QED) is 0.0837. The van der Waals surface area contributed by atoms with Crippen LogP contribution in [0.2, 0.25) is 0 Å². The van der Waals surface area contributed by atoms with Gasteiger partial charge in [0.25, 0.3) is 0 Å². The molecule has 0 saturated heterocycles. The van der Waals surface area contributed by atoms with Crippen LogP contribution >= 0.6 is 0 Å². The molecule has 0 heterocycles. The zero-order valence-corrected chi connectivity index (χ0v) is 19.8. The molecule has 5 nitrogen and oxygen atoms in total. The number of carbonyl (C=O) groups excluding carboxylic acids is 3. The Morgan fingerprint density at radius 3 is 1.50 bits per heavy atom. The van der Waals surface area contributed by atoms with Crippen molar-refractivity contribution in [2.45, 2.75) is 39.5 Å².